The first kappa shape index (κ1) is 15.9. The van der Waals surface area contributed by atoms with E-state index in [4.69, 9.17) is 5.11 Å². The predicted molar refractivity (Wildman–Crippen MR) is 57.0 cm³/mol. The molecule has 1 atom stereocenters. The zero-order chi connectivity index (χ0) is 13.5. The summed E-state index contributed by atoms with van der Waals surface area (Å²) in [5.74, 6) is -0.511. The van der Waals surface area contributed by atoms with Crippen LogP contribution in [0.4, 0.5) is 18.0 Å². The van der Waals surface area contributed by atoms with Gasteiger partial charge in [-0.15, -0.1) is 0 Å². The van der Waals surface area contributed by atoms with Crippen molar-refractivity contribution in [2.24, 2.45) is 0 Å². The molecule has 0 aliphatic rings. The molecule has 0 saturated carbocycles. The molecule has 1 unspecified atom stereocenters. The zero-order valence-electron chi connectivity index (χ0n) is 9.00. The molecule has 0 bridgehead atoms. The standard InChI is InChI=1S/C8H13F3N2O3S/c1-17-3-2-5(13-7(15)16)6(14)12-4-8(9,10)11/h5,13H,2-4H2,1H3,(H,12,14)(H,15,16). The Bertz CT molecular complexity index is 273. The molecule has 0 aliphatic carbocycles. The quantitative estimate of drug-likeness (QED) is 0.676. The smallest absolute Gasteiger partial charge is 0.405 e. The predicted octanol–water partition coefficient (Wildman–Crippen LogP) is 1.05. The summed E-state index contributed by atoms with van der Waals surface area (Å²) in [5.41, 5.74) is 0. The molecule has 0 aromatic carbocycles. The lowest BCUT2D eigenvalue weighted by molar-refractivity contribution is -0.139. The number of carboxylic acid groups (broad SMARTS) is 1. The Kier molecular flexibility index (Phi) is 6.78. The monoisotopic (exact) mass is 274 g/mol. The van der Waals surface area contributed by atoms with Crippen molar-refractivity contribution in [1.29, 1.82) is 0 Å². The number of amides is 2. The van der Waals surface area contributed by atoms with Crippen LogP contribution in [-0.2, 0) is 4.79 Å². The maximum Gasteiger partial charge on any atom is 0.405 e. The molecule has 5 nitrogen and oxygen atoms in total. The van der Waals surface area contributed by atoms with Gasteiger partial charge >= 0.3 is 12.3 Å². The van der Waals surface area contributed by atoms with E-state index in [1.54, 1.807) is 11.6 Å². The fraction of sp³-hybridized carbons (Fsp3) is 0.750. The van der Waals surface area contributed by atoms with Crippen molar-refractivity contribution in [3.63, 3.8) is 0 Å². The summed E-state index contributed by atoms with van der Waals surface area (Å²) >= 11 is 1.36. The van der Waals surface area contributed by atoms with Gasteiger partial charge < -0.3 is 15.7 Å². The van der Waals surface area contributed by atoms with E-state index in [9.17, 15) is 22.8 Å². The highest BCUT2D eigenvalue weighted by Gasteiger charge is 2.29. The fourth-order valence-corrected chi connectivity index (χ4v) is 1.44. The van der Waals surface area contributed by atoms with E-state index in [-0.39, 0.29) is 6.42 Å². The van der Waals surface area contributed by atoms with Crippen molar-refractivity contribution in [3.8, 4) is 0 Å². The molecular formula is C8H13F3N2O3S. The van der Waals surface area contributed by atoms with E-state index < -0.39 is 30.8 Å². The van der Waals surface area contributed by atoms with Gasteiger partial charge in [0.1, 0.15) is 12.6 Å². The van der Waals surface area contributed by atoms with E-state index >= 15 is 0 Å². The molecular weight excluding hydrogens is 261 g/mol. The summed E-state index contributed by atoms with van der Waals surface area (Å²) in [5, 5.41) is 12.0. The lowest BCUT2D eigenvalue weighted by Gasteiger charge is -2.16. The topological polar surface area (TPSA) is 78.4 Å². The van der Waals surface area contributed by atoms with Crippen LogP contribution >= 0.6 is 11.8 Å². The van der Waals surface area contributed by atoms with Crippen molar-refractivity contribution in [3.05, 3.63) is 0 Å². The number of hydrogen-bond acceptors (Lipinski definition) is 3. The van der Waals surface area contributed by atoms with Crippen molar-refractivity contribution >= 4 is 23.8 Å². The molecule has 0 aromatic heterocycles. The summed E-state index contributed by atoms with van der Waals surface area (Å²) in [6.45, 7) is -1.47. The van der Waals surface area contributed by atoms with Gasteiger partial charge in [0.05, 0.1) is 0 Å². The highest BCUT2D eigenvalue weighted by molar-refractivity contribution is 7.98. The fourth-order valence-electron chi connectivity index (χ4n) is 0.964. The maximum atomic E-state index is 11.8. The SMILES string of the molecule is CSCCC(NC(=O)O)C(=O)NCC(F)(F)F. The third-order valence-corrected chi connectivity index (χ3v) is 2.33. The lowest BCUT2D eigenvalue weighted by Crippen LogP contribution is -2.48. The summed E-state index contributed by atoms with van der Waals surface area (Å²) in [6, 6.07) is -1.16. The molecule has 0 aromatic rings. The van der Waals surface area contributed by atoms with Crippen molar-refractivity contribution in [1.82, 2.24) is 10.6 Å². The van der Waals surface area contributed by atoms with E-state index in [2.05, 4.69) is 0 Å². The minimum Gasteiger partial charge on any atom is -0.465 e. The number of nitrogens with one attached hydrogen (secondary N) is 2. The zero-order valence-corrected chi connectivity index (χ0v) is 9.82. The minimum atomic E-state index is -4.51. The van der Waals surface area contributed by atoms with Gasteiger partial charge in [-0.2, -0.15) is 24.9 Å². The second kappa shape index (κ2) is 7.25. The highest BCUT2D eigenvalue weighted by Crippen LogP contribution is 2.12. The second-order valence-corrected chi connectivity index (χ2v) is 4.10. The van der Waals surface area contributed by atoms with Gasteiger partial charge in [-0.05, 0) is 18.4 Å². The van der Waals surface area contributed by atoms with Gasteiger partial charge in [-0.1, -0.05) is 0 Å². The molecule has 3 N–H and O–H groups in total. The largest absolute Gasteiger partial charge is 0.465 e. The Morgan fingerprint density at radius 3 is 2.41 bits per heavy atom. The van der Waals surface area contributed by atoms with Crippen LogP contribution in [0.15, 0.2) is 0 Å². The van der Waals surface area contributed by atoms with Crippen LogP contribution in [0.3, 0.4) is 0 Å². The Morgan fingerprint density at radius 2 is 2.00 bits per heavy atom. The van der Waals surface area contributed by atoms with E-state index in [1.165, 1.54) is 11.8 Å². The lowest BCUT2D eigenvalue weighted by atomic mass is 10.2. The Balaban J connectivity index is 4.26. The van der Waals surface area contributed by atoms with E-state index in [0.29, 0.717) is 5.75 Å². The second-order valence-electron chi connectivity index (χ2n) is 3.12. The first-order valence-electron chi connectivity index (χ1n) is 4.59. The van der Waals surface area contributed by atoms with Gasteiger partial charge in [0.25, 0.3) is 0 Å². The normalized spacial score (nSPS) is 12.9. The van der Waals surface area contributed by atoms with Gasteiger partial charge in [0, 0.05) is 0 Å². The molecule has 0 saturated heterocycles. The molecule has 0 rings (SSSR count). The Labute approximate surface area is 100 Å². The van der Waals surface area contributed by atoms with Crippen LogP contribution in [0, 0.1) is 0 Å². The summed E-state index contributed by atoms with van der Waals surface area (Å²) in [4.78, 5) is 21.6. The van der Waals surface area contributed by atoms with Crippen LogP contribution in [0.5, 0.6) is 0 Å². The molecule has 0 radical (unpaired) electrons. The van der Waals surface area contributed by atoms with Crippen molar-refractivity contribution in [2.75, 3.05) is 18.6 Å². The average molecular weight is 274 g/mol. The number of carbonyl (C=O) groups is 2. The van der Waals surface area contributed by atoms with Crippen molar-refractivity contribution < 1.29 is 27.9 Å². The minimum absolute atomic E-state index is 0.136. The third-order valence-electron chi connectivity index (χ3n) is 1.69. The number of halogens is 3. The van der Waals surface area contributed by atoms with Crippen molar-refractivity contribution in [2.45, 2.75) is 18.6 Å². The van der Waals surface area contributed by atoms with E-state index in [1.807, 2.05) is 5.32 Å². The van der Waals surface area contributed by atoms with Crippen LogP contribution in [-0.4, -0.2) is 47.9 Å². The van der Waals surface area contributed by atoms with Gasteiger partial charge in [0.15, 0.2) is 0 Å². The molecule has 100 valence electrons. The molecule has 0 fully saturated rings. The number of thioether (sulfide) groups is 1. The summed E-state index contributed by atoms with van der Waals surface area (Å²) < 4.78 is 35.5. The number of rotatable bonds is 6. The summed E-state index contributed by atoms with van der Waals surface area (Å²) in [7, 11) is 0. The van der Waals surface area contributed by atoms with Gasteiger partial charge in [-0.25, -0.2) is 4.79 Å². The van der Waals surface area contributed by atoms with Crippen LogP contribution in [0.25, 0.3) is 0 Å². The first-order chi connectivity index (χ1) is 7.76. The average Bonchev–Trinajstić information content (AvgIpc) is 2.19. The number of hydrogen-bond donors (Lipinski definition) is 3. The number of carbonyl (C=O) groups excluding carboxylic acids is 1. The van der Waals surface area contributed by atoms with Crippen LogP contribution in [0.1, 0.15) is 6.42 Å². The maximum absolute atomic E-state index is 11.8. The molecule has 2 amide bonds. The van der Waals surface area contributed by atoms with Crippen LogP contribution in [0.2, 0.25) is 0 Å². The molecule has 17 heavy (non-hydrogen) atoms. The van der Waals surface area contributed by atoms with Crippen LogP contribution < -0.4 is 10.6 Å². The Hall–Kier alpha value is -1.12. The molecule has 9 heteroatoms. The van der Waals surface area contributed by atoms with Gasteiger partial charge in [-0.3, -0.25) is 4.79 Å². The highest BCUT2D eigenvalue weighted by atomic mass is 32.2. The first-order valence-corrected chi connectivity index (χ1v) is 5.98. The van der Waals surface area contributed by atoms with Gasteiger partial charge in [0.2, 0.25) is 5.91 Å². The molecule has 0 aliphatic heterocycles. The third kappa shape index (κ3) is 8.66. The molecule has 0 spiro atoms. The number of alkyl halides is 3. The molecule has 0 heterocycles. The van der Waals surface area contributed by atoms with E-state index in [0.717, 1.165) is 0 Å². The Morgan fingerprint density at radius 1 is 1.41 bits per heavy atom. The summed E-state index contributed by atoms with van der Waals surface area (Å²) in [6.07, 6.45) is -4.08.